The van der Waals surface area contributed by atoms with Crippen LogP contribution in [0.3, 0.4) is 0 Å². The van der Waals surface area contributed by atoms with Crippen molar-refractivity contribution in [3.05, 3.63) is 48.2 Å². The molecular weight excluding hydrogens is 204 g/mol. The molecule has 82 valence electrons. The van der Waals surface area contributed by atoms with Crippen LogP contribution in [0.25, 0.3) is 0 Å². The number of hydrazine groups is 1. The van der Waals surface area contributed by atoms with Crippen LogP contribution < -0.4 is 17.0 Å². The van der Waals surface area contributed by atoms with Gasteiger partial charge in [-0.1, -0.05) is 6.07 Å². The lowest BCUT2D eigenvalue weighted by Crippen LogP contribution is -2.30. The third kappa shape index (κ3) is 1.97. The Bertz CT molecular complexity index is 458. The number of anilines is 1. The van der Waals surface area contributed by atoms with Crippen LogP contribution in [0.15, 0.2) is 36.9 Å². The highest BCUT2D eigenvalue weighted by molar-refractivity contribution is 5.43. The third-order valence-corrected chi connectivity index (χ3v) is 2.25. The number of nitrogen functional groups attached to an aromatic ring is 1. The van der Waals surface area contributed by atoms with Gasteiger partial charge in [0, 0.05) is 18.0 Å². The summed E-state index contributed by atoms with van der Waals surface area (Å²) in [5, 5.41) is 0. The molecule has 0 aromatic carbocycles. The van der Waals surface area contributed by atoms with Gasteiger partial charge in [-0.15, -0.1) is 0 Å². The van der Waals surface area contributed by atoms with Gasteiger partial charge < -0.3 is 5.73 Å². The molecule has 0 bridgehead atoms. The second-order valence-corrected chi connectivity index (χ2v) is 3.21. The number of pyridine rings is 1. The minimum absolute atomic E-state index is 0.281. The first-order chi connectivity index (χ1) is 7.83. The van der Waals surface area contributed by atoms with E-state index in [1.165, 1.54) is 6.33 Å². The van der Waals surface area contributed by atoms with Crippen LogP contribution in [0.5, 0.6) is 0 Å². The molecule has 0 fully saturated rings. The Morgan fingerprint density at radius 3 is 2.69 bits per heavy atom. The predicted molar refractivity (Wildman–Crippen MR) is 59.8 cm³/mol. The van der Waals surface area contributed by atoms with Crippen molar-refractivity contribution in [2.45, 2.75) is 6.04 Å². The molecule has 0 aliphatic carbocycles. The van der Waals surface area contributed by atoms with Gasteiger partial charge in [-0.25, -0.2) is 20.4 Å². The number of nitrogens with zero attached hydrogens (tertiary/aromatic N) is 3. The Hall–Kier alpha value is -2.05. The first-order valence-corrected chi connectivity index (χ1v) is 4.75. The molecule has 0 aliphatic heterocycles. The Morgan fingerprint density at radius 2 is 2.06 bits per heavy atom. The maximum atomic E-state index is 5.78. The molecule has 1 unspecified atom stereocenters. The molecule has 0 saturated heterocycles. The van der Waals surface area contributed by atoms with Gasteiger partial charge >= 0.3 is 0 Å². The Balaban J connectivity index is 2.41. The fraction of sp³-hybridized carbons (Fsp3) is 0.100. The van der Waals surface area contributed by atoms with E-state index in [-0.39, 0.29) is 6.04 Å². The molecule has 1 atom stereocenters. The van der Waals surface area contributed by atoms with E-state index in [0.717, 1.165) is 11.3 Å². The highest BCUT2D eigenvalue weighted by Gasteiger charge is 2.16. The summed E-state index contributed by atoms with van der Waals surface area (Å²) in [7, 11) is 0. The standard InChI is InChI=1S/C10H12N6/c11-10-7(2-1-4-14-10)9(16-12)8-3-5-13-6-15-8/h1-6,9,16H,12H2,(H2,11,14). The number of aromatic nitrogens is 3. The highest BCUT2D eigenvalue weighted by atomic mass is 15.2. The van der Waals surface area contributed by atoms with Crippen molar-refractivity contribution in [1.29, 1.82) is 0 Å². The normalized spacial score (nSPS) is 12.3. The SMILES string of the molecule is NNC(c1ccncn1)c1cccnc1N. The van der Waals surface area contributed by atoms with Crippen molar-refractivity contribution in [3.63, 3.8) is 0 Å². The monoisotopic (exact) mass is 216 g/mol. The molecule has 2 aromatic rings. The minimum atomic E-state index is -0.281. The Kier molecular flexibility index (Phi) is 3.04. The van der Waals surface area contributed by atoms with Gasteiger partial charge in [-0.2, -0.15) is 0 Å². The molecule has 5 N–H and O–H groups in total. The van der Waals surface area contributed by atoms with E-state index in [2.05, 4.69) is 20.4 Å². The molecular formula is C10H12N6. The third-order valence-electron chi connectivity index (χ3n) is 2.25. The summed E-state index contributed by atoms with van der Waals surface area (Å²) >= 11 is 0. The topological polar surface area (TPSA) is 103 Å². The summed E-state index contributed by atoms with van der Waals surface area (Å²) in [5.74, 6) is 5.95. The first-order valence-electron chi connectivity index (χ1n) is 4.75. The second kappa shape index (κ2) is 4.65. The van der Waals surface area contributed by atoms with Crippen LogP contribution in [0.1, 0.15) is 17.3 Å². The van der Waals surface area contributed by atoms with Crippen molar-refractivity contribution in [2.24, 2.45) is 5.84 Å². The second-order valence-electron chi connectivity index (χ2n) is 3.21. The summed E-state index contributed by atoms with van der Waals surface area (Å²) in [4.78, 5) is 12.0. The van der Waals surface area contributed by atoms with Crippen LogP contribution in [-0.4, -0.2) is 15.0 Å². The number of hydrogen-bond acceptors (Lipinski definition) is 6. The molecule has 6 nitrogen and oxygen atoms in total. The van der Waals surface area contributed by atoms with Crippen LogP contribution in [0.2, 0.25) is 0 Å². The molecule has 0 spiro atoms. The summed E-state index contributed by atoms with van der Waals surface area (Å²) in [6.45, 7) is 0. The Morgan fingerprint density at radius 1 is 1.19 bits per heavy atom. The van der Waals surface area contributed by atoms with Gasteiger partial charge in [0.05, 0.1) is 11.7 Å². The number of rotatable bonds is 3. The van der Waals surface area contributed by atoms with Crippen molar-refractivity contribution in [1.82, 2.24) is 20.4 Å². The van der Waals surface area contributed by atoms with E-state index in [1.54, 1.807) is 24.5 Å². The molecule has 2 aromatic heterocycles. The molecule has 0 aliphatic rings. The van der Waals surface area contributed by atoms with Crippen molar-refractivity contribution in [3.8, 4) is 0 Å². The van der Waals surface area contributed by atoms with Crippen LogP contribution in [-0.2, 0) is 0 Å². The number of hydrogen-bond donors (Lipinski definition) is 3. The van der Waals surface area contributed by atoms with Crippen LogP contribution >= 0.6 is 0 Å². The maximum absolute atomic E-state index is 5.78. The van der Waals surface area contributed by atoms with E-state index in [9.17, 15) is 0 Å². The lowest BCUT2D eigenvalue weighted by atomic mass is 10.1. The first kappa shape index (κ1) is 10.5. The molecule has 0 amide bonds. The highest BCUT2D eigenvalue weighted by Crippen LogP contribution is 2.22. The molecule has 6 heteroatoms. The zero-order chi connectivity index (χ0) is 11.4. The zero-order valence-corrected chi connectivity index (χ0v) is 8.54. The van der Waals surface area contributed by atoms with Gasteiger partial charge in [0.2, 0.25) is 0 Å². The molecule has 2 rings (SSSR count). The van der Waals surface area contributed by atoms with Crippen molar-refractivity contribution >= 4 is 5.82 Å². The molecule has 2 heterocycles. The van der Waals surface area contributed by atoms with E-state index >= 15 is 0 Å². The van der Waals surface area contributed by atoms with Crippen LogP contribution in [0.4, 0.5) is 5.82 Å². The largest absolute Gasteiger partial charge is 0.383 e. The van der Waals surface area contributed by atoms with Gasteiger partial charge in [-0.3, -0.25) is 5.84 Å². The van der Waals surface area contributed by atoms with Crippen LogP contribution in [0, 0.1) is 0 Å². The fourth-order valence-corrected chi connectivity index (χ4v) is 1.48. The number of nitrogens with one attached hydrogen (secondary N) is 1. The van der Waals surface area contributed by atoms with Gasteiger partial charge in [0.15, 0.2) is 0 Å². The minimum Gasteiger partial charge on any atom is -0.383 e. The summed E-state index contributed by atoms with van der Waals surface area (Å²) in [6.07, 6.45) is 4.75. The van der Waals surface area contributed by atoms with E-state index in [0.29, 0.717) is 5.82 Å². The molecule has 0 saturated carbocycles. The fourth-order valence-electron chi connectivity index (χ4n) is 1.48. The predicted octanol–water partition coefficient (Wildman–Crippen LogP) is 0.00650. The maximum Gasteiger partial charge on any atom is 0.128 e. The average Bonchev–Trinajstić information content (AvgIpc) is 2.34. The molecule has 0 radical (unpaired) electrons. The smallest absolute Gasteiger partial charge is 0.128 e. The van der Waals surface area contributed by atoms with E-state index in [1.807, 2.05) is 6.07 Å². The zero-order valence-electron chi connectivity index (χ0n) is 8.54. The summed E-state index contributed by atoms with van der Waals surface area (Å²) in [5.41, 5.74) is 9.99. The molecule has 16 heavy (non-hydrogen) atoms. The van der Waals surface area contributed by atoms with Gasteiger partial charge in [0.25, 0.3) is 0 Å². The lowest BCUT2D eigenvalue weighted by molar-refractivity contribution is 0.619. The quantitative estimate of drug-likeness (QED) is 0.493. The van der Waals surface area contributed by atoms with Gasteiger partial charge in [-0.05, 0) is 12.1 Å². The van der Waals surface area contributed by atoms with Gasteiger partial charge in [0.1, 0.15) is 12.1 Å². The average molecular weight is 216 g/mol. The number of nitrogens with two attached hydrogens (primary N) is 2. The van der Waals surface area contributed by atoms with E-state index in [4.69, 9.17) is 11.6 Å². The Labute approximate surface area is 92.7 Å². The van der Waals surface area contributed by atoms with Crippen molar-refractivity contribution in [2.75, 3.05) is 5.73 Å². The summed E-state index contributed by atoms with van der Waals surface area (Å²) < 4.78 is 0. The lowest BCUT2D eigenvalue weighted by Gasteiger charge is -2.16. The summed E-state index contributed by atoms with van der Waals surface area (Å²) in [6, 6.07) is 5.15. The van der Waals surface area contributed by atoms with Crippen molar-refractivity contribution < 1.29 is 0 Å². The van der Waals surface area contributed by atoms with E-state index < -0.39 is 0 Å².